The Morgan fingerprint density at radius 1 is 1.20 bits per heavy atom. The maximum absolute atomic E-state index is 12.8. The van der Waals surface area contributed by atoms with Crippen molar-refractivity contribution in [3.8, 4) is 0 Å². The van der Waals surface area contributed by atoms with Crippen LogP contribution in [0.4, 0.5) is 10.6 Å². The van der Waals surface area contributed by atoms with Crippen LogP contribution in [0.1, 0.15) is 29.3 Å². The van der Waals surface area contributed by atoms with Gasteiger partial charge in [0.1, 0.15) is 11.5 Å². The van der Waals surface area contributed by atoms with Crippen molar-refractivity contribution < 1.29 is 14.3 Å². The number of aromatic nitrogens is 3. The largest absolute Gasteiger partial charge is 0.419 e. The van der Waals surface area contributed by atoms with Crippen LogP contribution >= 0.6 is 24.2 Å². The van der Waals surface area contributed by atoms with E-state index in [9.17, 15) is 9.59 Å². The molecular weight excluding hydrogens is 488 g/mol. The van der Waals surface area contributed by atoms with Gasteiger partial charge >= 0.3 is 6.09 Å². The van der Waals surface area contributed by atoms with Gasteiger partial charge in [0, 0.05) is 49.7 Å². The van der Waals surface area contributed by atoms with E-state index in [0.29, 0.717) is 29.6 Å². The molecule has 0 spiro atoms. The Balaban J connectivity index is 0.000000371. The van der Waals surface area contributed by atoms with Crippen molar-refractivity contribution in [1.82, 2.24) is 24.8 Å². The van der Waals surface area contributed by atoms with E-state index in [1.807, 2.05) is 32.2 Å². The second-order valence-corrected chi connectivity index (χ2v) is 8.60. The fraction of sp³-hybridized carbons (Fsp3) is 0.292. The fourth-order valence-electron chi connectivity index (χ4n) is 3.30. The Labute approximate surface area is 215 Å². The third-order valence-corrected chi connectivity index (χ3v) is 5.77. The zero-order valence-electron chi connectivity index (χ0n) is 19.5. The minimum atomic E-state index is -1.03. The molecule has 0 aliphatic carbocycles. The molecule has 4 rings (SSSR count). The highest BCUT2D eigenvalue weighted by Gasteiger charge is 2.44. The Hall–Kier alpha value is -3.21. The summed E-state index contributed by atoms with van der Waals surface area (Å²) in [5, 5.41) is 0.435. The number of piperazine rings is 1. The highest BCUT2D eigenvalue weighted by atomic mass is 35.5. The first-order chi connectivity index (χ1) is 16.8. The topological polar surface area (TPSA) is 91.8 Å². The first kappa shape index (κ1) is 26.4. The lowest BCUT2D eigenvalue weighted by Crippen LogP contribution is -2.48. The number of rotatable bonds is 4. The van der Waals surface area contributed by atoms with Crippen molar-refractivity contribution in [3.05, 3.63) is 82.9 Å². The smallest absolute Gasteiger partial charge is 0.412 e. The summed E-state index contributed by atoms with van der Waals surface area (Å²) < 4.78 is 5.68. The third-order valence-electron chi connectivity index (χ3n) is 5.22. The number of anilines is 1. The standard InChI is InChI=1S/C17H17ClN6O3.C7H10S/c1-22-6-8-23(9-7-22)17(26)27-16-14-13(19-4-5-20-14)15(25)24(16)12-3-2-11(18)10-21-12;1-3-5-6-7(8)4-2/h2-5,10,16H,6-9H2,1H3;3-6,8H,2H2,1H3/b;5-3-,7-6+/t16-;/m0./s1. The van der Waals surface area contributed by atoms with Crippen molar-refractivity contribution in [2.75, 3.05) is 38.1 Å². The Kier molecular flexibility index (Phi) is 9.41. The highest BCUT2D eigenvalue weighted by Crippen LogP contribution is 2.35. The van der Waals surface area contributed by atoms with E-state index >= 15 is 0 Å². The third kappa shape index (κ3) is 6.68. The molecule has 0 aromatic carbocycles. The molecule has 0 bridgehead atoms. The van der Waals surface area contributed by atoms with Crippen molar-refractivity contribution in [1.29, 1.82) is 0 Å². The zero-order chi connectivity index (χ0) is 25.4. The fourth-order valence-corrected chi connectivity index (χ4v) is 3.50. The summed E-state index contributed by atoms with van der Waals surface area (Å²) in [6.07, 6.45) is 10.2. The summed E-state index contributed by atoms with van der Waals surface area (Å²) in [7, 11) is 2.00. The summed E-state index contributed by atoms with van der Waals surface area (Å²) in [6, 6.07) is 3.20. The van der Waals surface area contributed by atoms with Crippen molar-refractivity contribution >= 4 is 42.0 Å². The average Bonchev–Trinajstić information content (AvgIpc) is 3.15. The van der Waals surface area contributed by atoms with Crippen molar-refractivity contribution in [3.63, 3.8) is 0 Å². The second-order valence-electron chi connectivity index (χ2n) is 7.65. The Morgan fingerprint density at radius 3 is 2.54 bits per heavy atom. The predicted molar refractivity (Wildman–Crippen MR) is 138 cm³/mol. The van der Waals surface area contributed by atoms with Crippen LogP contribution in [-0.2, 0) is 4.74 Å². The van der Waals surface area contributed by atoms with Gasteiger partial charge in [-0.05, 0) is 32.2 Å². The van der Waals surface area contributed by atoms with Crippen LogP contribution < -0.4 is 4.90 Å². The van der Waals surface area contributed by atoms with Gasteiger partial charge in [-0.1, -0.05) is 36.4 Å². The van der Waals surface area contributed by atoms with Crippen molar-refractivity contribution in [2.45, 2.75) is 13.2 Å². The maximum atomic E-state index is 12.8. The lowest BCUT2D eigenvalue weighted by molar-refractivity contribution is 0.0476. The molecule has 2 aliphatic heterocycles. The van der Waals surface area contributed by atoms with E-state index in [2.05, 4.69) is 39.1 Å². The minimum absolute atomic E-state index is 0.144. The molecule has 2 aliphatic rings. The number of fused-ring (bicyclic) bond motifs is 1. The molecule has 1 fully saturated rings. The van der Waals surface area contributed by atoms with Crippen LogP contribution in [0.3, 0.4) is 0 Å². The maximum Gasteiger partial charge on any atom is 0.412 e. The van der Waals surface area contributed by atoms with Gasteiger partial charge in [0.25, 0.3) is 5.91 Å². The number of pyridine rings is 1. The van der Waals surface area contributed by atoms with E-state index in [-0.39, 0.29) is 5.69 Å². The molecule has 0 saturated carbocycles. The molecule has 2 aromatic heterocycles. The number of hydrogen-bond donors (Lipinski definition) is 1. The Bertz CT molecular complexity index is 1120. The van der Waals surface area contributed by atoms with Gasteiger partial charge in [-0.3, -0.25) is 9.78 Å². The monoisotopic (exact) mass is 514 g/mol. The normalized spacial score (nSPS) is 18.2. The van der Waals surface area contributed by atoms with Gasteiger partial charge in [0.05, 0.1) is 5.02 Å². The summed E-state index contributed by atoms with van der Waals surface area (Å²) in [5.74, 6) is -0.121. The number of ether oxygens (including phenoxy) is 1. The van der Waals surface area contributed by atoms with Crippen LogP contribution in [0, 0.1) is 0 Å². The van der Waals surface area contributed by atoms with Crippen LogP contribution in [0.5, 0.6) is 0 Å². The lowest BCUT2D eigenvalue weighted by atomic mass is 10.3. The molecule has 9 nitrogen and oxygen atoms in total. The molecule has 1 saturated heterocycles. The summed E-state index contributed by atoms with van der Waals surface area (Å²) in [5.41, 5.74) is 0.437. The predicted octanol–water partition coefficient (Wildman–Crippen LogP) is 4.13. The molecule has 2 aromatic rings. The van der Waals surface area contributed by atoms with Gasteiger partial charge in [-0.25, -0.2) is 19.7 Å². The van der Waals surface area contributed by atoms with Crippen LogP contribution in [-0.4, -0.2) is 70.0 Å². The summed E-state index contributed by atoms with van der Waals surface area (Å²) in [4.78, 5) is 43.9. The highest BCUT2D eigenvalue weighted by molar-refractivity contribution is 7.84. The first-order valence-electron chi connectivity index (χ1n) is 10.9. The molecule has 2 amide bonds. The molecule has 0 unspecified atom stereocenters. The summed E-state index contributed by atoms with van der Waals surface area (Å²) in [6.45, 7) is 8.13. The van der Waals surface area contributed by atoms with Crippen LogP contribution in [0.15, 0.2) is 66.5 Å². The minimum Gasteiger partial charge on any atom is -0.419 e. The van der Waals surface area contributed by atoms with E-state index in [0.717, 1.165) is 18.0 Å². The average molecular weight is 515 g/mol. The molecule has 4 heterocycles. The number of allylic oxidation sites excluding steroid dienone is 4. The Morgan fingerprint density at radius 2 is 1.91 bits per heavy atom. The SMILES string of the molecule is C=C/C(S)=C\C=C/C.CN1CCN(C(=O)O[C@H]2c3nccnc3C(=O)N2c2ccc(Cl)cn2)CC1. The number of likely N-dealkylation sites (N-methyl/N-ethyl adjacent to an activating group) is 1. The number of carbonyl (C=O) groups is 2. The second kappa shape index (κ2) is 12.5. The molecular formula is C24H27ClN6O3S. The molecule has 11 heteroatoms. The van der Waals surface area contributed by atoms with Crippen molar-refractivity contribution in [2.24, 2.45) is 0 Å². The van der Waals surface area contributed by atoms with Crippen LogP contribution in [0.25, 0.3) is 0 Å². The van der Waals surface area contributed by atoms with Gasteiger partial charge in [0.2, 0.25) is 6.23 Å². The molecule has 0 N–H and O–H groups in total. The first-order valence-corrected chi connectivity index (χ1v) is 11.7. The van der Waals surface area contributed by atoms with E-state index in [1.165, 1.54) is 23.5 Å². The van der Waals surface area contributed by atoms with E-state index < -0.39 is 18.2 Å². The zero-order valence-corrected chi connectivity index (χ0v) is 21.2. The molecule has 0 radical (unpaired) electrons. The van der Waals surface area contributed by atoms with Gasteiger partial charge < -0.3 is 14.5 Å². The number of amides is 2. The molecule has 184 valence electrons. The van der Waals surface area contributed by atoms with E-state index in [4.69, 9.17) is 16.3 Å². The van der Waals surface area contributed by atoms with Gasteiger partial charge in [-0.15, -0.1) is 12.6 Å². The quantitative estimate of drug-likeness (QED) is 0.484. The lowest BCUT2D eigenvalue weighted by Gasteiger charge is -2.33. The van der Waals surface area contributed by atoms with Crippen LogP contribution in [0.2, 0.25) is 5.02 Å². The molecule has 1 atom stereocenters. The number of thiol groups is 1. The number of halogens is 1. The summed E-state index contributed by atoms with van der Waals surface area (Å²) >= 11 is 9.95. The van der Waals surface area contributed by atoms with Gasteiger partial charge in [0.15, 0.2) is 5.69 Å². The number of nitrogens with zero attached hydrogens (tertiary/aromatic N) is 6. The van der Waals surface area contributed by atoms with E-state index in [1.54, 1.807) is 23.1 Å². The number of hydrogen-bond acceptors (Lipinski definition) is 8. The number of carbonyl (C=O) groups excluding carboxylic acids is 2. The molecule has 35 heavy (non-hydrogen) atoms. The van der Waals surface area contributed by atoms with Gasteiger partial charge in [-0.2, -0.15) is 0 Å².